The van der Waals surface area contributed by atoms with Gasteiger partial charge in [0.1, 0.15) is 23.2 Å². The van der Waals surface area contributed by atoms with Crippen molar-refractivity contribution in [1.29, 1.82) is 0 Å². The third-order valence-corrected chi connectivity index (χ3v) is 8.28. The number of carbonyl (C=O) groups is 2. The molecule has 0 saturated carbocycles. The van der Waals surface area contributed by atoms with Crippen LogP contribution in [0.15, 0.2) is 36.0 Å². The average molecular weight is 565 g/mol. The molecule has 1 N–H and O–H groups in total. The molecule has 1 aliphatic rings. The Balaban J connectivity index is 1.43. The highest BCUT2D eigenvalue weighted by atomic mass is 35.5. The molecular weight excluding hydrogens is 539 g/mol. The Morgan fingerprint density at radius 3 is 2.95 bits per heavy atom. The Labute approximate surface area is 227 Å². The molecule has 1 atom stereocenters. The maximum absolute atomic E-state index is 13.4. The molecule has 1 unspecified atom stereocenters. The second kappa shape index (κ2) is 12.1. The van der Waals surface area contributed by atoms with Crippen LogP contribution in [-0.2, 0) is 35.5 Å². The first-order valence-electron chi connectivity index (χ1n) is 11.6. The monoisotopic (exact) mass is 564 g/mol. The Bertz CT molecular complexity index is 1330. The Morgan fingerprint density at radius 1 is 1.41 bits per heavy atom. The number of carbonyl (C=O) groups excluding carboxylic acids is 2. The standard InChI is InChI=1S/C25H26ClFN4O4S2/c1-4-9-31-20(12-35-15-6-8-18(27)17(26)11-15)29-30-25(31)36-13-21(32)28-23-22(24(33)34-3)16-7-5-14(2)10-19(16)37-23/h4,6,8,11,14H,1,5,7,9-10,12-13H2,2-3H3,(H,28,32). The summed E-state index contributed by atoms with van der Waals surface area (Å²) in [6, 6.07) is 4.08. The minimum Gasteiger partial charge on any atom is -0.486 e. The third-order valence-electron chi connectivity index (χ3n) is 5.85. The molecule has 1 aliphatic carbocycles. The summed E-state index contributed by atoms with van der Waals surface area (Å²) in [5.41, 5.74) is 1.44. The zero-order valence-electron chi connectivity index (χ0n) is 20.4. The number of anilines is 1. The van der Waals surface area contributed by atoms with Crippen molar-refractivity contribution >= 4 is 51.6 Å². The van der Waals surface area contributed by atoms with Gasteiger partial charge in [-0.25, -0.2) is 9.18 Å². The number of hydrogen-bond donors (Lipinski definition) is 1. The molecule has 4 rings (SSSR count). The fraction of sp³-hybridized carbons (Fsp3) is 0.360. The van der Waals surface area contributed by atoms with Crippen LogP contribution in [0.3, 0.4) is 0 Å². The van der Waals surface area contributed by atoms with E-state index in [4.69, 9.17) is 21.1 Å². The van der Waals surface area contributed by atoms with Crippen molar-refractivity contribution in [3.8, 4) is 5.75 Å². The van der Waals surface area contributed by atoms with Crippen LogP contribution in [0, 0.1) is 11.7 Å². The minimum atomic E-state index is -0.531. The Morgan fingerprint density at radius 2 is 2.22 bits per heavy atom. The highest BCUT2D eigenvalue weighted by Gasteiger charge is 2.29. The van der Waals surface area contributed by atoms with Gasteiger partial charge in [0.2, 0.25) is 5.91 Å². The van der Waals surface area contributed by atoms with Gasteiger partial charge in [-0.1, -0.05) is 36.4 Å². The molecule has 0 spiro atoms. The number of benzene rings is 1. The van der Waals surface area contributed by atoms with Crippen LogP contribution in [0.5, 0.6) is 5.75 Å². The van der Waals surface area contributed by atoms with Crippen LogP contribution in [0.2, 0.25) is 5.02 Å². The minimum absolute atomic E-state index is 0.0382. The summed E-state index contributed by atoms with van der Waals surface area (Å²) in [6.07, 6.45) is 4.36. The number of rotatable bonds is 10. The second-order valence-corrected chi connectivity index (χ2v) is 11.0. The van der Waals surface area contributed by atoms with Gasteiger partial charge < -0.3 is 14.8 Å². The smallest absolute Gasteiger partial charge is 0.341 e. The normalized spacial score (nSPS) is 14.6. The number of nitrogens with zero attached hydrogens (tertiary/aromatic N) is 3. The van der Waals surface area contributed by atoms with E-state index < -0.39 is 11.8 Å². The number of hydrogen-bond acceptors (Lipinski definition) is 8. The number of esters is 1. The molecule has 3 aromatic rings. The fourth-order valence-electron chi connectivity index (χ4n) is 4.01. The van der Waals surface area contributed by atoms with Gasteiger partial charge in [0.15, 0.2) is 11.0 Å². The van der Waals surface area contributed by atoms with Gasteiger partial charge in [-0.15, -0.1) is 28.1 Å². The van der Waals surface area contributed by atoms with Gasteiger partial charge >= 0.3 is 5.97 Å². The summed E-state index contributed by atoms with van der Waals surface area (Å²) in [5.74, 6) is 0.255. The van der Waals surface area contributed by atoms with Crippen molar-refractivity contribution in [2.45, 2.75) is 44.5 Å². The largest absolute Gasteiger partial charge is 0.486 e. The fourth-order valence-corrected chi connectivity index (χ4v) is 6.36. The van der Waals surface area contributed by atoms with E-state index in [1.807, 2.05) is 0 Å². The lowest BCUT2D eigenvalue weighted by molar-refractivity contribution is -0.113. The molecule has 196 valence electrons. The van der Waals surface area contributed by atoms with Gasteiger partial charge in [-0.3, -0.25) is 9.36 Å². The lowest BCUT2D eigenvalue weighted by Crippen LogP contribution is -2.17. The van der Waals surface area contributed by atoms with E-state index in [-0.39, 0.29) is 23.3 Å². The van der Waals surface area contributed by atoms with Crippen LogP contribution in [0.25, 0.3) is 0 Å². The number of nitrogens with one attached hydrogen (secondary N) is 1. The summed E-state index contributed by atoms with van der Waals surface area (Å²) in [6.45, 7) is 6.43. The predicted molar refractivity (Wildman–Crippen MR) is 142 cm³/mol. The highest BCUT2D eigenvalue weighted by molar-refractivity contribution is 7.99. The first kappa shape index (κ1) is 27.2. The Hall–Kier alpha value is -2.89. The quantitative estimate of drug-likeness (QED) is 0.196. The van der Waals surface area contributed by atoms with Crippen LogP contribution >= 0.6 is 34.7 Å². The molecule has 12 heteroatoms. The predicted octanol–water partition coefficient (Wildman–Crippen LogP) is 5.54. The molecule has 0 aliphatic heterocycles. The number of methoxy groups -OCH3 is 1. The van der Waals surface area contributed by atoms with Crippen LogP contribution in [-0.4, -0.2) is 39.5 Å². The van der Waals surface area contributed by atoms with Gasteiger partial charge in [0, 0.05) is 17.5 Å². The highest BCUT2D eigenvalue weighted by Crippen LogP contribution is 2.40. The molecule has 0 bridgehead atoms. The van der Waals surface area contributed by atoms with Crippen molar-refractivity contribution in [2.24, 2.45) is 5.92 Å². The number of thiophene rings is 1. The summed E-state index contributed by atoms with van der Waals surface area (Å²) in [4.78, 5) is 26.5. The topological polar surface area (TPSA) is 95.3 Å². The lowest BCUT2D eigenvalue weighted by atomic mass is 9.88. The maximum atomic E-state index is 13.4. The second-order valence-electron chi connectivity index (χ2n) is 8.55. The van der Waals surface area contributed by atoms with Crippen molar-refractivity contribution in [2.75, 3.05) is 18.2 Å². The molecule has 1 amide bonds. The van der Waals surface area contributed by atoms with Gasteiger partial charge in [-0.2, -0.15) is 0 Å². The molecule has 1 aromatic carbocycles. The maximum Gasteiger partial charge on any atom is 0.341 e. The van der Waals surface area contributed by atoms with Crippen molar-refractivity contribution in [3.05, 3.63) is 63.5 Å². The number of aromatic nitrogens is 3. The third kappa shape index (κ3) is 6.34. The van der Waals surface area contributed by atoms with Crippen LogP contribution in [0.4, 0.5) is 9.39 Å². The van der Waals surface area contributed by atoms with Crippen LogP contribution < -0.4 is 10.1 Å². The van der Waals surface area contributed by atoms with Gasteiger partial charge in [0.05, 0.1) is 23.4 Å². The number of thioether (sulfide) groups is 1. The van der Waals surface area contributed by atoms with Gasteiger partial charge in [0.25, 0.3) is 0 Å². The number of amides is 1. The van der Waals surface area contributed by atoms with Crippen molar-refractivity contribution < 1.29 is 23.5 Å². The lowest BCUT2D eigenvalue weighted by Gasteiger charge is -2.18. The van der Waals surface area contributed by atoms with E-state index >= 15 is 0 Å². The zero-order valence-corrected chi connectivity index (χ0v) is 22.8. The average Bonchev–Trinajstić information content (AvgIpc) is 3.43. The molecule has 37 heavy (non-hydrogen) atoms. The molecule has 2 heterocycles. The summed E-state index contributed by atoms with van der Waals surface area (Å²) in [7, 11) is 1.34. The van der Waals surface area contributed by atoms with E-state index in [1.165, 1.54) is 48.4 Å². The number of halogens is 2. The molecule has 0 fully saturated rings. The molecule has 0 saturated heterocycles. The number of ether oxygens (including phenoxy) is 2. The summed E-state index contributed by atoms with van der Waals surface area (Å²) in [5, 5.41) is 12.3. The molecule has 8 nitrogen and oxygen atoms in total. The Kier molecular flexibility index (Phi) is 8.88. The van der Waals surface area contributed by atoms with E-state index in [1.54, 1.807) is 10.6 Å². The van der Waals surface area contributed by atoms with Crippen molar-refractivity contribution in [1.82, 2.24) is 14.8 Å². The number of allylic oxidation sites excluding steroid dienone is 1. The van der Waals surface area contributed by atoms with Gasteiger partial charge in [-0.05, 0) is 42.9 Å². The van der Waals surface area contributed by atoms with E-state index in [0.29, 0.717) is 39.8 Å². The number of fused-ring (bicyclic) bond motifs is 1. The summed E-state index contributed by atoms with van der Waals surface area (Å²) < 4.78 is 25.8. The van der Waals surface area contributed by atoms with Crippen LogP contribution in [0.1, 0.15) is 40.0 Å². The van der Waals surface area contributed by atoms with E-state index in [9.17, 15) is 14.0 Å². The SMILES string of the molecule is C=CCn1c(COc2ccc(F)c(Cl)c2)nnc1SCC(=O)Nc1sc2c(c1C(=O)OC)CCC(C)C2. The first-order valence-corrected chi connectivity index (χ1v) is 13.7. The van der Waals surface area contributed by atoms with Crippen molar-refractivity contribution in [3.63, 3.8) is 0 Å². The first-order chi connectivity index (χ1) is 17.8. The molecule has 0 radical (unpaired) electrons. The van der Waals surface area contributed by atoms with E-state index in [0.717, 1.165) is 29.7 Å². The summed E-state index contributed by atoms with van der Waals surface area (Å²) >= 11 is 8.46. The molecular formula is C25H26ClFN4O4S2. The zero-order chi connectivity index (χ0) is 26.5. The molecule has 2 aromatic heterocycles. The van der Waals surface area contributed by atoms with E-state index in [2.05, 4.69) is 29.0 Å².